The third-order valence-corrected chi connectivity index (χ3v) is 2.05. The van der Waals surface area contributed by atoms with Crippen molar-refractivity contribution in [1.29, 1.82) is 0 Å². The van der Waals surface area contributed by atoms with Crippen molar-refractivity contribution in [2.75, 3.05) is 0 Å². The van der Waals surface area contributed by atoms with Crippen LogP contribution in [0, 0.1) is 6.07 Å². The lowest BCUT2D eigenvalue weighted by molar-refractivity contribution is 1.01. The molecule has 1 aromatic rings. The van der Waals surface area contributed by atoms with Crippen LogP contribution >= 0.6 is 0 Å². The zero-order chi connectivity index (χ0) is 8.97. The molecule has 1 radical (unpaired) electrons. The molecule has 0 saturated carbocycles. The van der Waals surface area contributed by atoms with Gasteiger partial charge in [0.25, 0.3) is 0 Å². The van der Waals surface area contributed by atoms with E-state index in [4.69, 9.17) is 5.73 Å². The van der Waals surface area contributed by atoms with Crippen LogP contribution in [0.1, 0.15) is 30.5 Å². The van der Waals surface area contributed by atoms with Crippen molar-refractivity contribution < 1.29 is 0 Å². The Morgan fingerprint density at radius 3 is 2.33 bits per heavy atom. The van der Waals surface area contributed by atoms with Gasteiger partial charge in [0.1, 0.15) is 0 Å². The highest BCUT2D eigenvalue weighted by Crippen LogP contribution is 2.10. The standard InChI is InChI=1S/C11H16N/c1-3-9-5-10(4-2)7-11(6-9)8-12/h5-6H,3-4,8,12H2,1-2H3. The van der Waals surface area contributed by atoms with Gasteiger partial charge in [-0.3, -0.25) is 0 Å². The van der Waals surface area contributed by atoms with E-state index in [2.05, 4.69) is 32.0 Å². The number of aryl methyl sites for hydroxylation is 2. The van der Waals surface area contributed by atoms with Gasteiger partial charge in [-0.05, 0) is 35.6 Å². The lowest BCUT2D eigenvalue weighted by atomic mass is 10.0. The molecule has 0 spiro atoms. The van der Waals surface area contributed by atoms with Gasteiger partial charge in [0, 0.05) is 6.54 Å². The molecule has 1 rings (SSSR count). The quantitative estimate of drug-likeness (QED) is 0.723. The van der Waals surface area contributed by atoms with Gasteiger partial charge < -0.3 is 5.73 Å². The van der Waals surface area contributed by atoms with Gasteiger partial charge in [0.15, 0.2) is 0 Å². The van der Waals surface area contributed by atoms with Crippen LogP contribution in [0.5, 0.6) is 0 Å². The first-order valence-corrected chi connectivity index (χ1v) is 4.54. The average Bonchev–Trinajstić information content (AvgIpc) is 2.16. The van der Waals surface area contributed by atoms with Crippen LogP contribution in [0.3, 0.4) is 0 Å². The molecule has 0 aromatic heterocycles. The van der Waals surface area contributed by atoms with Crippen molar-refractivity contribution in [1.82, 2.24) is 0 Å². The first kappa shape index (κ1) is 9.27. The lowest BCUT2D eigenvalue weighted by Crippen LogP contribution is -1.99. The van der Waals surface area contributed by atoms with Crippen molar-refractivity contribution >= 4 is 0 Å². The maximum Gasteiger partial charge on any atom is 0.0184 e. The highest BCUT2D eigenvalue weighted by Gasteiger charge is 1.97. The smallest absolute Gasteiger partial charge is 0.0184 e. The molecule has 0 fully saturated rings. The molecule has 65 valence electrons. The minimum Gasteiger partial charge on any atom is -0.326 e. The Labute approximate surface area is 74.6 Å². The van der Waals surface area contributed by atoms with Crippen LogP contribution in [-0.4, -0.2) is 0 Å². The van der Waals surface area contributed by atoms with E-state index in [0.717, 1.165) is 18.4 Å². The fourth-order valence-electron chi connectivity index (χ4n) is 1.27. The van der Waals surface area contributed by atoms with Gasteiger partial charge in [-0.25, -0.2) is 0 Å². The second-order valence-corrected chi connectivity index (χ2v) is 2.95. The van der Waals surface area contributed by atoms with Gasteiger partial charge in [0.2, 0.25) is 0 Å². The Hall–Kier alpha value is -0.820. The second-order valence-electron chi connectivity index (χ2n) is 2.95. The molecule has 0 atom stereocenters. The van der Waals surface area contributed by atoms with E-state index in [1.54, 1.807) is 0 Å². The number of hydrogen-bond acceptors (Lipinski definition) is 1. The van der Waals surface area contributed by atoms with Crippen molar-refractivity contribution in [3.8, 4) is 0 Å². The van der Waals surface area contributed by atoms with Crippen LogP contribution in [0.2, 0.25) is 0 Å². The summed E-state index contributed by atoms with van der Waals surface area (Å²) < 4.78 is 0. The summed E-state index contributed by atoms with van der Waals surface area (Å²) in [6.07, 6.45) is 2.12. The van der Waals surface area contributed by atoms with Crippen molar-refractivity contribution in [2.24, 2.45) is 5.73 Å². The molecule has 0 unspecified atom stereocenters. The van der Waals surface area contributed by atoms with Crippen LogP contribution in [0.15, 0.2) is 12.1 Å². The van der Waals surface area contributed by atoms with Gasteiger partial charge in [0.05, 0.1) is 0 Å². The summed E-state index contributed by atoms with van der Waals surface area (Å²) in [5.41, 5.74) is 9.34. The molecular formula is C11H16N. The molecule has 0 aliphatic heterocycles. The Bertz CT molecular complexity index is 198. The summed E-state index contributed by atoms with van der Waals surface area (Å²) in [5.74, 6) is 0. The van der Waals surface area contributed by atoms with E-state index in [1.807, 2.05) is 0 Å². The molecule has 0 aliphatic rings. The highest BCUT2D eigenvalue weighted by atomic mass is 14.5. The van der Waals surface area contributed by atoms with Crippen molar-refractivity contribution in [3.63, 3.8) is 0 Å². The normalized spacial score (nSPS) is 10.2. The fraction of sp³-hybridized carbons (Fsp3) is 0.455. The predicted molar refractivity (Wildman–Crippen MR) is 51.9 cm³/mol. The van der Waals surface area contributed by atoms with E-state index in [9.17, 15) is 0 Å². The maximum absolute atomic E-state index is 5.57. The predicted octanol–water partition coefficient (Wildman–Crippen LogP) is 2.07. The second kappa shape index (κ2) is 4.27. The van der Waals surface area contributed by atoms with Gasteiger partial charge in [-0.15, -0.1) is 0 Å². The molecule has 1 heteroatoms. The van der Waals surface area contributed by atoms with Crippen LogP contribution in [0.25, 0.3) is 0 Å². The number of rotatable bonds is 3. The highest BCUT2D eigenvalue weighted by molar-refractivity contribution is 5.28. The van der Waals surface area contributed by atoms with Gasteiger partial charge in [-0.1, -0.05) is 26.0 Å². The molecular weight excluding hydrogens is 146 g/mol. The van der Waals surface area contributed by atoms with Gasteiger partial charge >= 0.3 is 0 Å². The molecule has 12 heavy (non-hydrogen) atoms. The molecule has 0 aliphatic carbocycles. The zero-order valence-corrected chi connectivity index (χ0v) is 7.85. The SMILES string of the molecule is CCc1[c]c(CN)cc(CC)c1. The first-order valence-electron chi connectivity index (χ1n) is 4.54. The third-order valence-electron chi connectivity index (χ3n) is 2.05. The summed E-state index contributed by atoms with van der Waals surface area (Å²) in [5, 5.41) is 0. The average molecular weight is 162 g/mol. The Kier molecular flexibility index (Phi) is 3.30. The summed E-state index contributed by atoms with van der Waals surface area (Å²) in [6, 6.07) is 7.64. The van der Waals surface area contributed by atoms with Crippen LogP contribution in [0.4, 0.5) is 0 Å². The van der Waals surface area contributed by atoms with E-state index in [-0.39, 0.29) is 0 Å². The van der Waals surface area contributed by atoms with E-state index >= 15 is 0 Å². The molecule has 0 heterocycles. The summed E-state index contributed by atoms with van der Waals surface area (Å²) >= 11 is 0. The Morgan fingerprint density at radius 2 is 1.83 bits per heavy atom. The van der Waals surface area contributed by atoms with Crippen LogP contribution < -0.4 is 5.73 Å². The van der Waals surface area contributed by atoms with E-state index in [1.165, 1.54) is 11.1 Å². The molecule has 1 nitrogen and oxygen atoms in total. The summed E-state index contributed by atoms with van der Waals surface area (Å²) in [7, 11) is 0. The molecule has 1 aromatic carbocycles. The lowest BCUT2D eigenvalue weighted by Gasteiger charge is -2.04. The van der Waals surface area contributed by atoms with Gasteiger partial charge in [-0.2, -0.15) is 0 Å². The number of hydrogen-bond donors (Lipinski definition) is 1. The molecule has 0 saturated heterocycles. The minimum absolute atomic E-state index is 0.598. The molecule has 2 N–H and O–H groups in total. The van der Waals surface area contributed by atoms with Crippen LogP contribution in [-0.2, 0) is 19.4 Å². The summed E-state index contributed by atoms with van der Waals surface area (Å²) in [6.45, 7) is 4.90. The maximum atomic E-state index is 5.57. The Morgan fingerprint density at radius 1 is 1.17 bits per heavy atom. The zero-order valence-electron chi connectivity index (χ0n) is 7.85. The largest absolute Gasteiger partial charge is 0.326 e. The first-order chi connectivity index (χ1) is 5.80. The van der Waals surface area contributed by atoms with E-state index in [0.29, 0.717) is 6.54 Å². The third kappa shape index (κ3) is 2.08. The monoisotopic (exact) mass is 162 g/mol. The Balaban J connectivity index is 3.01. The molecule has 0 amide bonds. The van der Waals surface area contributed by atoms with Crippen molar-refractivity contribution in [3.05, 3.63) is 34.9 Å². The summed E-state index contributed by atoms with van der Waals surface area (Å²) in [4.78, 5) is 0. The fourth-order valence-corrected chi connectivity index (χ4v) is 1.27. The van der Waals surface area contributed by atoms with Crippen molar-refractivity contribution in [2.45, 2.75) is 33.2 Å². The molecule has 0 bridgehead atoms. The topological polar surface area (TPSA) is 26.0 Å². The number of nitrogens with two attached hydrogens (primary N) is 1. The minimum atomic E-state index is 0.598. The van der Waals surface area contributed by atoms with E-state index < -0.39 is 0 Å². The number of benzene rings is 1.